The van der Waals surface area contributed by atoms with Crippen molar-refractivity contribution in [1.29, 1.82) is 0 Å². The number of nitrogens with one attached hydrogen (secondary N) is 1. The van der Waals surface area contributed by atoms with E-state index in [1.807, 2.05) is 11.8 Å². The molecule has 0 spiro atoms. The average molecular weight is 335 g/mol. The van der Waals surface area contributed by atoms with Gasteiger partial charge in [-0.1, -0.05) is 6.92 Å². The Hall–Kier alpha value is -0.570. The van der Waals surface area contributed by atoms with Crippen molar-refractivity contribution in [2.45, 2.75) is 42.4 Å². The zero-order valence-corrected chi connectivity index (χ0v) is 13.5. The normalized spacial score (nSPS) is 23.1. The van der Waals surface area contributed by atoms with Crippen LogP contribution in [-0.2, 0) is 10.0 Å². The number of thiophene rings is 1. The third-order valence-corrected chi connectivity index (χ3v) is 7.01. The Morgan fingerprint density at radius 2 is 2.30 bits per heavy atom. The molecule has 0 radical (unpaired) electrons. The van der Waals surface area contributed by atoms with Crippen LogP contribution in [0.25, 0.3) is 0 Å². The molecule has 1 aliphatic carbocycles. The monoisotopic (exact) mass is 335 g/mol. The van der Waals surface area contributed by atoms with Gasteiger partial charge < -0.3 is 5.11 Å². The first kappa shape index (κ1) is 15.8. The molecule has 0 amide bonds. The number of thioether (sulfide) groups is 1. The van der Waals surface area contributed by atoms with Gasteiger partial charge in [-0.15, -0.1) is 11.3 Å². The largest absolute Gasteiger partial charge is 0.477 e. The fourth-order valence-corrected chi connectivity index (χ4v) is 5.83. The second kappa shape index (κ2) is 6.46. The molecule has 112 valence electrons. The van der Waals surface area contributed by atoms with Gasteiger partial charge in [0.05, 0.1) is 4.90 Å². The number of hydrogen-bond donors (Lipinski definition) is 2. The van der Waals surface area contributed by atoms with E-state index in [1.165, 1.54) is 11.4 Å². The maximum absolute atomic E-state index is 12.2. The molecule has 5 nitrogen and oxygen atoms in total. The summed E-state index contributed by atoms with van der Waals surface area (Å²) in [5.41, 5.74) is 0. The Morgan fingerprint density at radius 1 is 1.55 bits per heavy atom. The molecular weight excluding hydrogens is 318 g/mol. The third-order valence-electron chi connectivity index (χ3n) is 3.21. The van der Waals surface area contributed by atoms with Gasteiger partial charge in [0.2, 0.25) is 10.0 Å². The molecule has 20 heavy (non-hydrogen) atoms. The summed E-state index contributed by atoms with van der Waals surface area (Å²) < 4.78 is 27.1. The fraction of sp³-hybridized carbons (Fsp3) is 0.583. The second-order valence-corrected chi connectivity index (χ2v) is 8.86. The highest BCUT2D eigenvalue weighted by molar-refractivity contribution is 7.99. The van der Waals surface area contributed by atoms with Crippen LogP contribution in [-0.4, -0.2) is 36.5 Å². The molecule has 1 aromatic heterocycles. The molecule has 2 N–H and O–H groups in total. The highest BCUT2D eigenvalue weighted by atomic mass is 32.2. The molecule has 8 heteroatoms. The Balaban J connectivity index is 2.02. The molecule has 0 bridgehead atoms. The molecule has 1 fully saturated rings. The molecule has 1 aromatic rings. The number of aromatic carboxylic acids is 1. The first-order valence-electron chi connectivity index (χ1n) is 6.38. The molecule has 2 atom stereocenters. The minimum atomic E-state index is -3.61. The van der Waals surface area contributed by atoms with Crippen LogP contribution in [0.1, 0.15) is 35.9 Å². The Kier molecular flexibility index (Phi) is 5.11. The summed E-state index contributed by atoms with van der Waals surface area (Å²) in [4.78, 5) is 10.9. The summed E-state index contributed by atoms with van der Waals surface area (Å²) >= 11 is 2.79. The molecule has 2 rings (SSSR count). The van der Waals surface area contributed by atoms with E-state index in [0.29, 0.717) is 5.25 Å². The van der Waals surface area contributed by atoms with Crippen molar-refractivity contribution >= 4 is 39.1 Å². The smallest absolute Gasteiger partial charge is 0.345 e. The van der Waals surface area contributed by atoms with Gasteiger partial charge in [0, 0.05) is 16.7 Å². The van der Waals surface area contributed by atoms with E-state index in [9.17, 15) is 13.2 Å². The number of rotatable bonds is 6. The Morgan fingerprint density at radius 3 is 2.90 bits per heavy atom. The molecule has 0 saturated heterocycles. The Labute approximate surface area is 126 Å². The van der Waals surface area contributed by atoms with Crippen molar-refractivity contribution in [3.63, 3.8) is 0 Å². The van der Waals surface area contributed by atoms with Crippen LogP contribution < -0.4 is 4.72 Å². The van der Waals surface area contributed by atoms with E-state index in [-0.39, 0.29) is 15.8 Å². The predicted molar refractivity (Wildman–Crippen MR) is 81.2 cm³/mol. The highest BCUT2D eigenvalue weighted by Crippen LogP contribution is 2.30. The zero-order valence-electron chi connectivity index (χ0n) is 11.0. The molecule has 0 aliphatic heterocycles. The molecule has 1 heterocycles. The minimum absolute atomic E-state index is 0.0382. The van der Waals surface area contributed by atoms with Crippen LogP contribution in [0.3, 0.4) is 0 Å². The molecule has 0 aromatic carbocycles. The summed E-state index contributed by atoms with van der Waals surface area (Å²) in [5.74, 6) is -0.0619. The maximum atomic E-state index is 12.2. The van der Waals surface area contributed by atoms with Gasteiger partial charge in [-0.3, -0.25) is 0 Å². The van der Waals surface area contributed by atoms with Gasteiger partial charge in [-0.2, -0.15) is 11.8 Å². The van der Waals surface area contributed by atoms with Gasteiger partial charge in [0.15, 0.2) is 0 Å². The van der Waals surface area contributed by atoms with Crippen molar-refractivity contribution < 1.29 is 18.3 Å². The quantitative estimate of drug-likeness (QED) is 0.834. The van der Waals surface area contributed by atoms with Gasteiger partial charge in [-0.25, -0.2) is 17.9 Å². The van der Waals surface area contributed by atoms with Crippen molar-refractivity contribution in [1.82, 2.24) is 4.72 Å². The number of carbonyl (C=O) groups is 1. The topological polar surface area (TPSA) is 83.5 Å². The lowest BCUT2D eigenvalue weighted by Crippen LogP contribution is -2.32. The second-order valence-electron chi connectivity index (χ2n) is 4.66. The molecule has 1 aliphatic rings. The lowest BCUT2D eigenvalue weighted by molar-refractivity contribution is 0.0702. The van der Waals surface area contributed by atoms with Crippen molar-refractivity contribution in [3.05, 3.63) is 16.3 Å². The summed E-state index contributed by atoms with van der Waals surface area (Å²) in [7, 11) is -3.61. The number of sulfonamides is 1. The van der Waals surface area contributed by atoms with E-state index < -0.39 is 16.0 Å². The third kappa shape index (κ3) is 3.75. The average Bonchev–Trinajstić information content (AvgIpc) is 2.98. The van der Waals surface area contributed by atoms with Crippen LogP contribution in [0.15, 0.2) is 16.3 Å². The lowest BCUT2D eigenvalue weighted by atomic mass is 10.3. The van der Waals surface area contributed by atoms with E-state index in [2.05, 4.69) is 11.6 Å². The van der Waals surface area contributed by atoms with Crippen molar-refractivity contribution in [2.24, 2.45) is 0 Å². The number of carboxylic acids is 1. The number of hydrogen-bond acceptors (Lipinski definition) is 5. The van der Waals surface area contributed by atoms with Crippen LogP contribution >= 0.6 is 23.1 Å². The highest BCUT2D eigenvalue weighted by Gasteiger charge is 2.29. The predicted octanol–water partition coefficient (Wildman–Crippen LogP) is 2.40. The zero-order chi connectivity index (χ0) is 14.8. The SMILES string of the molecule is CCSC1CCC(NS(=O)(=O)c2csc(C(=O)O)c2)C1. The lowest BCUT2D eigenvalue weighted by Gasteiger charge is -2.12. The fourth-order valence-electron chi connectivity index (χ4n) is 2.29. The van der Waals surface area contributed by atoms with E-state index in [4.69, 9.17) is 5.11 Å². The summed E-state index contributed by atoms with van der Waals surface area (Å²) in [6, 6.07) is 1.17. The molecule has 1 saturated carbocycles. The first-order chi connectivity index (χ1) is 9.42. The summed E-state index contributed by atoms with van der Waals surface area (Å²) in [5, 5.41) is 10.7. The van der Waals surface area contributed by atoms with E-state index >= 15 is 0 Å². The van der Waals surface area contributed by atoms with Crippen LogP contribution in [0.5, 0.6) is 0 Å². The van der Waals surface area contributed by atoms with Crippen LogP contribution in [0.4, 0.5) is 0 Å². The van der Waals surface area contributed by atoms with Gasteiger partial charge >= 0.3 is 5.97 Å². The Bertz CT molecular complexity index is 581. The molecular formula is C12H17NO4S3. The van der Waals surface area contributed by atoms with Crippen LogP contribution in [0, 0.1) is 0 Å². The van der Waals surface area contributed by atoms with E-state index in [1.54, 1.807) is 0 Å². The maximum Gasteiger partial charge on any atom is 0.345 e. The van der Waals surface area contributed by atoms with Gasteiger partial charge in [0.25, 0.3) is 0 Å². The standard InChI is InChI=1S/C12H17NO4S3/c1-2-18-9-4-3-8(5-9)13-20(16,17)10-6-11(12(14)15)19-7-10/h6-9,13H,2-5H2,1H3,(H,14,15). The van der Waals surface area contributed by atoms with Gasteiger partial charge in [-0.05, 0) is 31.1 Å². The van der Waals surface area contributed by atoms with Crippen molar-refractivity contribution in [2.75, 3.05) is 5.75 Å². The van der Waals surface area contributed by atoms with Crippen LogP contribution in [0.2, 0.25) is 0 Å². The van der Waals surface area contributed by atoms with E-state index in [0.717, 1.165) is 36.4 Å². The van der Waals surface area contributed by atoms with Gasteiger partial charge in [0.1, 0.15) is 4.88 Å². The molecule has 2 unspecified atom stereocenters. The van der Waals surface area contributed by atoms with Crippen molar-refractivity contribution in [3.8, 4) is 0 Å². The number of carboxylic acid groups (broad SMARTS) is 1. The minimum Gasteiger partial charge on any atom is -0.477 e. The first-order valence-corrected chi connectivity index (χ1v) is 9.79. The summed E-state index contributed by atoms with van der Waals surface area (Å²) in [6.07, 6.45) is 2.70. The summed E-state index contributed by atoms with van der Waals surface area (Å²) in [6.45, 7) is 2.10.